The van der Waals surface area contributed by atoms with E-state index in [2.05, 4.69) is 15.3 Å². The highest BCUT2D eigenvalue weighted by Crippen LogP contribution is 2.35. The zero-order chi connectivity index (χ0) is 17.1. The molecule has 0 aromatic carbocycles. The largest absolute Gasteiger partial charge is 0.472 e. The first-order valence-corrected chi connectivity index (χ1v) is 7.48. The average molecular weight is 310 g/mol. The molecule has 7 nitrogen and oxygen atoms in total. The SMILES string of the molecule is CC(C)COc1nc(C(C)C)nc(NC(C)(C)C)c1[N+](=O)[O-]. The van der Waals surface area contributed by atoms with Crippen molar-refractivity contribution < 1.29 is 9.66 Å². The van der Waals surface area contributed by atoms with Gasteiger partial charge in [0.1, 0.15) is 5.82 Å². The number of hydrogen-bond donors (Lipinski definition) is 1. The predicted molar refractivity (Wildman–Crippen MR) is 86.5 cm³/mol. The number of nitrogens with one attached hydrogen (secondary N) is 1. The molecule has 124 valence electrons. The molecule has 0 unspecified atom stereocenters. The van der Waals surface area contributed by atoms with Crippen molar-refractivity contribution in [2.24, 2.45) is 5.92 Å². The Balaban J connectivity index is 3.40. The molecule has 0 aliphatic carbocycles. The standard InChI is InChI=1S/C15H26N4O3/c1-9(2)8-22-14-11(19(20)21)13(18-15(5,6)7)16-12(17-14)10(3)4/h9-10H,8H2,1-7H3,(H,16,17,18). The van der Waals surface area contributed by atoms with Gasteiger partial charge in [-0.1, -0.05) is 27.7 Å². The molecule has 22 heavy (non-hydrogen) atoms. The van der Waals surface area contributed by atoms with Gasteiger partial charge in [0.05, 0.1) is 11.5 Å². The van der Waals surface area contributed by atoms with E-state index in [4.69, 9.17) is 4.74 Å². The van der Waals surface area contributed by atoms with Gasteiger partial charge in [0.2, 0.25) is 5.82 Å². The van der Waals surface area contributed by atoms with E-state index in [1.165, 1.54) is 0 Å². The summed E-state index contributed by atoms with van der Waals surface area (Å²) in [5, 5.41) is 14.5. The molecule has 0 fully saturated rings. The molecule has 0 saturated heterocycles. The quantitative estimate of drug-likeness (QED) is 0.635. The minimum Gasteiger partial charge on any atom is -0.472 e. The van der Waals surface area contributed by atoms with Gasteiger partial charge in [-0.3, -0.25) is 10.1 Å². The van der Waals surface area contributed by atoms with Crippen molar-refractivity contribution >= 4 is 11.5 Å². The van der Waals surface area contributed by atoms with E-state index in [0.29, 0.717) is 12.4 Å². The van der Waals surface area contributed by atoms with Gasteiger partial charge in [0, 0.05) is 11.5 Å². The highest BCUT2D eigenvalue weighted by Gasteiger charge is 2.29. The maximum atomic E-state index is 11.5. The summed E-state index contributed by atoms with van der Waals surface area (Å²) in [5.74, 6) is 1.05. The molecular formula is C15H26N4O3. The van der Waals surface area contributed by atoms with E-state index < -0.39 is 4.92 Å². The second-order valence-corrected chi connectivity index (χ2v) is 7.08. The summed E-state index contributed by atoms with van der Waals surface area (Å²) < 4.78 is 5.57. The lowest BCUT2D eigenvalue weighted by atomic mass is 10.1. The number of anilines is 1. The van der Waals surface area contributed by atoms with E-state index in [0.717, 1.165) is 0 Å². The Bertz CT molecular complexity index is 536. The van der Waals surface area contributed by atoms with Crippen molar-refractivity contribution in [3.05, 3.63) is 15.9 Å². The molecule has 0 spiro atoms. The van der Waals surface area contributed by atoms with Gasteiger partial charge in [-0.2, -0.15) is 4.98 Å². The maximum absolute atomic E-state index is 11.5. The van der Waals surface area contributed by atoms with Crippen molar-refractivity contribution in [3.63, 3.8) is 0 Å². The van der Waals surface area contributed by atoms with Crippen molar-refractivity contribution in [1.29, 1.82) is 0 Å². The van der Waals surface area contributed by atoms with Crippen LogP contribution in [0.1, 0.15) is 60.2 Å². The van der Waals surface area contributed by atoms with Gasteiger partial charge >= 0.3 is 5.69 Å². The van der Waals surface area contributed by atoms with Crippen molar-refractivity contribution in [1.82, 2.24) is 9.97 Å². The number of nitrogens with zero attached hydrogens (tertiary/aromatic N) is 3. The molecule has 1 heterocycles. The average Bonchev–Trinajstić information content (AvgIpc) is 2.32. The fourth-order valence-corrected chi connectivity index (χ4v) is 1.66. The Morgan fingerprint density at radius 3 is 2.23 bits per heavy atom. The van der Waals surface area contributed by atoms with Crippen LogP contribution in [0.15, 0.2) is 0 Å². The second kappa shape index (κ2) is 6.89. The summed E-state index contributed by atoms with van der Waals surface area (Å²) in [6, 6.07) is 0. The molecule has 0 atom stereocenters. The highest BCUT2D eigenvalue weighted by atomic mass is 16.6. The Hall–Kier alpha value is -1.92. The molecule has 1 aromatic rings. The summed E-state index contributed by atoms with van der Waals surface area (Å²) in [6.45, 7) is 14.0. The molecule has 0 radical (unpaired) electrons. The summed E-state index contributed by atoms with van der Waals surface area (Å²) >= 11 is 0. The number of ether oxygens (including phenoxy) is 1. The fourth-order valence-electron chi connectivity index (χ4n) is 1.66. The van der Waals surface area contributed by atoms with E-state index >= 15 is 0 Å². The Labute approximate surface area is 131 Å². The van der Waals surface area contributed by atoms with Crippen LogP contribution in [0.2, 0.25) is 0 Å². The molecule has 1 rings (SSSR count). The number of rotatable bonds is 6. The Kier molecular flexibility index (Phi) is 5.68. The lowest BCUT2D eigenvalue weighted by Gasteiger charge is -2.22. The van der Waals surface area contributed by atoms with Gasteiger partial charge in [0.15, 0.2) is 0 Å². The zero-order valence-corrected chi connectivity index (χ0v) is 14.4. The summed E-state index contributed by atoms with van der Waals surface area (Å²) in [6.07, 6.45) is 0. The Morgan fingerprint density at radius 2 is 1.82 bits per heavy atom. The van der Waals surface area contributed by atoms with Crippen LogP contribution in [0.5, 0.6) is 5.88 Å². The third-order valence-electron chi connectivity index (χ3n) is 2.62. The van der Waals surface area contributed by atoms with Crippen molar-refractivity contribution in [2.75, 3.05) is 11.9 Å². The fraction of sp³-hybridized carbons (Fsp3) is 0.733. The normalized spacial score (nSPS) is 11.9. The summed E-state index contributed by atoms with van der Waals surface area (Å²) in [4.78, 5) is 19.5. The van der Waals surface area contributed by atoms with Crippen LogP contribution in [0, 0.1) is 16.0 Å². The van der Waals surface area contributed by atoms with Gasteiger partial charge in [-0.15, -0.1) is 0 Å². The topological polar surface area (TPSA) is 90.2 Å². The molecule has 1 aromatic heterocycles. The van der Waals surface area contributed by atoms with Crippen LogP contribution in [-0.4, -0.2) is 27.0 Å². The van der Waals surface area contributed by atoms with Crippen LogP contribution >= 0.6 is 0 Å². The van der Waals surface area contributed by atoms with E-state index in [-0.39, 0.29) is 34.8 Å². The molecule has 0 saturated carbocycles. The molecule has 0 aliphatic heterocycles. The minimum atomic E-state index is -0.492. The van der Waals surface area contributed by atoms with E-state index in [1.807, 2.05) is 48.5 Å². The van der Waals surface area contributed by atoms with Crippen molar-refractivity contribution in [2.45, 2.75) is 59.9 Å². The first kappa shape index (κ1) is 18.1. The monoisotopic (exact) mass is 310 g/mol. The molecule has 0 bridgehead atoms. The second-order valence-electron chi connectivity index (χ2n) is 7.08. The molecule has 7 heteroatoms. The predicted octanol–water partition coefficient (Wildman–Crippen LogP) is 3.75. The third-order valence-corrected chi connectivity index (χ3v) is 2.62. The molecular weight excluding hydrogens is 284 g/mol. The summed E-state index contributed by atoms with van der Waals surface area (Å²) in [5.41, 5.74) is -0.567. The zero-order valence-electron chi connectivity index (χ0n) is 14.4. The number of hydrogen-bond acceptors (Lipinski definition) is 6. The molecule has 0 aliphatic rings. The first-order valence-electron chi connectivity index (χ1n) is 7.48. The van der Waals surface area contributed by atoms with Crippen LogP contribution in [-0.2, 0) is 0 Å². The lowest BCUT2D eigenvalue weighted by Crippen LogP contribution is -2.28. The van der Waals surface area contributed by atoms with Gasteiger partial charge in [-0.25, -0.2) is 4.98 Å². The van der Waals surface area contributed by atoms with Gasteiger partial charge in [0.25, 0.3) is 5.88 Å². The van der Waals surface area contributed by atoms with Gasteiger partial charge in [-0.05, 0) is 26.7 Å². The first-order chi connectivity index (χ1) is 10.0. The minimum absolute atomic E-state index is 0.0316. The maximum Gasteiger partial charge on any atom is 0.372 e. The van der Waals surface area contributed by atoms with E-state index in [1.54, 1.807) is 0 Å². The summed E-state index contributed by atoms with van der Waals surface area (Å²) in [7, 11) is 0. The van der Waals surface area contributed by atoms with E-state index in [9.17, 15) is 10.1 Å². The number of aromatic nitrogens is 2. The highest BCUT2D eigenvalue weighted by molar-refractivity contribution is 5.62. The lowest BCUT2D eigenvalue weighted by molar-refractivity contribution is -0.385. The number of nitro groups is 1. The van der Waals surface area contributed by atoms with Crippen LogP contribution in [0.25, 0.3) is 0 Å². The van der Waals surface area contributed by atoms with Gasteiger partial charge < -0.3 is 10.1 Å². The molecule has 0 amide bonds. The third kappa shape index (κ3) is 5.13. The van der Waals surface area contributed by atoms with Crippen LogP contribution in [0.3, 0.4) is 0 Å². The smallest absolute Gasteiger partial charge is 0.372 e. The molecule has 1 N–H and O–H groups in total. The van der Waals surface area contributed by atoms with Crippen LogP contribution < -0.4 is 10.1 Å². The Morgan fingerprint density at radius 1 is 1.23 bits per heavy atom. The van der Waals surface area contributed by atoms with Crippen molar-refractivity contribution in [3.8, 4) is 5.88 Å². The van der Waals surface area contributed by atoms with Crippen LogP contribution in [0.4, 0.5) is 11.5 Å².